The Kier molecular flexibility index (Phi) is 4.28. The molecular formula is C15H17BrN2O2. The number of hydrogen-bond donors (Lipinski definition) is 1. The van der Waals surface area contributed by atoms with E-state index >= 15 is 0 Å². The highest BCUT2D eigenvalue weighted by Crippen LogP contribution is 2.21. The third-order valence-electron chi connectivity index (χ3n) is 3.48. The molecule has 1 atom stereocenters. The molecule has 0 bridgehead atoms. The zero-order valence-corrected chi connectivity index (χ0v) is 13.3. The summed E-state index contributed by atoms with van der Waals surface area (Å²) in [6.07, 6.45) is 0. The third-order valence-corrected chi connectivity index (χ3v) is 4.62. The van der Waals surface area contributed by atoms with E-state index in [1.807, 2.05) is 42.8 Å². The van der Waals surface area contributed by atoms with Crippen LogP contribution in [0.15, 0.2) is 28.7 Å². The molecule has 5 heteroatoms. The maximum Gasteiger partial charge on any atom is 0.310 e. The lowest BCUT2D eigenvalue weighted by Gasteiger charge is -2.09. The first-order chi connectivity index (χ1) is 9.40. The molecule has 1 unspecified atom stereocenters. The van der Waals surface area contributed by atoms with Crippen LogP contribution in [0, 0.1) is 13.8 Å². The first-order valence-electron chi connectivity index (χ1n) is 6.41. The zero-order valence-electron chi connectivity index (χ0n) is 11.7. The molecule has 1 heterocycles. The van der Waals surface area contributed by atoms with Crippen LogP contribution in [-0.4, -0.2) is 20.9 Å². The second kappa shape index (κ2) is 5.79. The van der Waals surface area contributed by atoms with Crippen molar-refractivity contribution in [2.24, 2.45) is 0 Å². The van der Waals surface area contributed by atoms with Gasteiger partial charge >= 0.3 is 5.97 Å². The van der Waals surface area contributed by atoms with E-state index in [9.17, 15) is 4.79 Å². The summed E-state index contributed by atoms with van der Waals surface area (Å²) >= 11 is 3.51. The summed E-state index contributed by atoms with van der Waals surface area (Å²) in [4.78, 5) is 10.9. The highest BCUT2D eigenvalue weighted by Gasteiger charge is 2.13. The maximum absolute atomic E-state index is 10.9. The normalized spacial score (nSPS) is 12.4. The van der Waals surface area contributed by atoms with E-state index in [-0.39, 0.29) is 0 Å². The molecule has 1 N–H and O–H groups in total. The quantitative estimate of drug-likeness (QED) is 0.929. The summed E-state index contributed by atoms with van der Waals surface area (Å²) in [5.41, 5.74) is 3.98. The standard InChI is InChI=1S/C15H17BrN2O2/c1-9(15(19)20)13-6-4-12(5-7-13)8-18-11(3)14(16)10(2)17-18/h4-7,9H,8H2,1-3H3,(H,19,20). The predicted molar refractivity (Wildman–Crippen MR) is 81.0 cm³/mol. The van der Waals surface area contributed by atoms with Gasteiger partial charge in [0.25, 0.3) is 0 Å². The van der Waals surface area contributed by atoms with Crippen molar-refractivity contribution in [1.29, 1.82) is 0 Å². The van der Waals surface area contributed by atoms with Crippen LogP contribution < -0.4 is 0 Å². The Morgan fingerprint density at radius 1 is 1.35 bits per heavy atom. The minimum atomic E-state index is -0.805. The van der Waals surface area contributed by atoms with Gasteiger partial charge in [-0.2, -0.15) is 5.10 Å². The van der Waals surface area contributed by atoms with Crippen LogP contribution in [0.3, 0.4) is 0 Å². The fourth-order valence-corrected chi connectivity index (χ4v) is 2.34. The third kappa shape index (κ3) is 2.93. The van der Waals surface area contributed by atoms with Crippen molar-refractivity contribution in [3.63, 3.8) is 0 Å². The van der Waals surface area contributed by atoms with Crippen LogP contribution in [0.4, 0.5) is 0 Å². The molecule has 0 aliphatic rings. The van der Waals surface area contributed by atoms with E-state index in [0.29, 0.717) is 6.54 Å². The fraction of sp³-hybridized carbons (Fsp3) is 0.333. The van der Waals surface area contributed by atoms with Gasteiger partial charge in [-0.1, -0.05) is 24.3 Å². The van der Waals surface area contributed by atoms with Crippen LogP contribution >= 0.6 is 15.9 Å². The van der Waals surface area contributed by atoms with E-state index in [0.717, 1.165) is 27.0 Å². The maximum atomic E-state index is 10.9. The van der Waals surface area contributed by atoms with Crippen LogP contribution in [0.1, 0.15) is 35.4 Å². The number of nitrogens with zero attached hydrogens (tertiary/aromatic N) is 2. The molecule has 0 fully saturated rings. The number of benzene rings is 1. The molecule has 2 aromatic rings. The monoisotopic (exact) mass is 336 g/mol. The van der Waals surface area contributed by atoms with Crippen molar-refractivity contribution in [3.05, 3.63) is 51.3 Å². The lowest BCUT2D eigenvalue weighted by Crippen LogP contribution is -2.08. The van der Waals surface area contributed by atoms with Gasteiger partial charge in [-0.3, -0.25) is 9.48 Å². The molecular weight excluding hydrogens is 320 g/mol. The molecule has 0 spiro atoms. The van der Waals surface area contributed by atoms with Crippen molar-refractivity contribution < 1.29 is 9.90 Å². The molecule has 0 saturated carbocycles. The largest absolute Gasteiger partial charge is 0.481 e. The highest BCUT2D eigenvalue weighted by molar-refractivity contribution is 9.10. The van der Waals surface area contributed by atoms with E-state index in [1.165, 1.54) is 0 Å². The lowest BCUT2D eigenvalue weighted by atomic mass is 10.0. The number of carboxylic acid groups (broad SMARTS) is 1. The molecule has 0 aliphatic carbocycles. The number of hydrogen-bond acceptors (Lipinski definition) is 2. The molecule has 0 saturated heterocycles. The van der Waals surface area contributed by atoms with E-state index in [1.54, 1.807) is 6.92 Å². The topological polar surface area (TPSA) is 55.1 Å². The summed E-state index contributed by atoms with van der Waals surface area (Å²) in [5, 5.41) is 13.5. The van der Waals surface area contributed by atoms with Crippen molar-refractivity contribution in [1.82, 2.24) is 9.78 Å². The van der Waals surface area contributed by atoms with Crippen molar-refractivity contribution in [2.45, 2.75) is 33.2 Å². The van der Waals surface area contributed by atoms with Crippen LogP contribution in [-0.2, 0) is 11.3 Å². The van der Waals surface area contributed by atoms with Gasteiger partial charge in [0.05, 0.1) is 28.3 Å². The van der Waals surface area contributed by atoms with Crippen LogP contribution in [0.2, 0.25) is 0 Å². The lowest BCUT2D eigenvalue weighted by molar-refractivity contribution is -0.138. The smallest absolute Gasteiger partial charge is 0.310 e. The average Bonchev–Trinajstić information content (AvgIpc) is 2.66. The molecule has 1 aromatic carbocycles. The number of aliphatic carboxylic acids is 1. The van der Waals surface area contributed by atoms with Gasteiger partial charge in [0.2, 0.25) is 0 Å². The van der Waals surface area contributed by atoms with Crippen molar-refractivity contribution in [2.75, 3.05) is 0 Å². The van der Waals surface area contributed by atoms with Crippen LogP contribution in [0.25, 0.3) is 0 Å². The summed E-state index contributed by atoms with van der Waals surface area (Å²) in [6, 6.07) is 7.65. The average molecular weight is 337 g/mol. The van der Waals surface area contributed by atoms with Gasteiger partial charge < -0.3 is 5.11 Å². The van der Waals surface area contributed by atoms with E-state index in [4.69, 9.17) is 5.11 Å². The SMILES string of the molecule is Cc1nn(Cc2ccc(C(C)C(=O)O)cc2)c(C)c1Br. The molecule has 106 valence electrons. The Labute approximate surface area is 126 Å². The number of halogens is 1. The second-order valence-corrected chi connectivity index (χ2v) is 5.74. The Morgan fingerprint density at radius 2 is 1.95 bits per heavy atom. The molecule has 0 aliphatic heterocycles. The number of carbonyl (C=O) groups is 1. The van der Waals surface area contributed by atoms with Gasteiger partial charge in [-0.05, 0) is 47.8 Å². The molecule has 4 nitrogen and oxygen atoms in total. The zero-order chi connectivity index (χ0) is 14.9. The Hall–Kier alpha value is -1.62. The van der Waals surface area contributed by atoms with E-state index < -0.39 is 11.9 Å². The Morgan fingerprint density at radius 3 is 2.40 bits per heavy atom. The summed E-state index contributed by atoms with van der Waals surface area (Å²) in [7, 11) is 0. The molecule has 20 heavy (non-hydrogen) atoms. The highest BCUT2D eigenvalue weighted by atomic mass is 79.9. The van der Waals surface area contributed by atoms with Gasteiger partial charge in [-0.15, -0.1) is 0 Å². The predicted octanol–water partition coefficient (Wildman–Crippen LogP) is 3.50. The Balaban J connectivity index is 2.19. The van der Waals surface area contributed by atoms with Gasteiger partial charge in [-0.25, -0.2) is 0 Å². The minimum Gasteiger partial charge on any atom is -0.481 e. The number of rotatable bonds is 4. The van der Waals surface area contributed by atoms with Gasteiger partial charge in [0.15, 0.2) is 0 Å². The van der Waals surface area contributed by atoms with Crippen LogP contribution in [0.5, 0.6) is 0 Å². The first-order valence-corrected chi connectivity index (χ1v) is 7.20. The summed E-state index contributed by atoms with van der Waals surface area (Å²) in [6.45, 7) is 6.35. The number of carboxylic acids is 1. The minimum absolute atomic E-state index is 0.480. The summed E-state index contributed by atoms with van der Waals surface area (Å²) in [5.74, 6) is -1.29. The number of aromatic nitrogens is 2. The molecule has 1 aromatic heterocycles. The second-order valence-electron chi connectivity index (χ2n) is 4.94. The fourth-order valence-electron chi connectivity index (χ4n) is 2.06. The van der Waals surface area contributed by atoms with Crippen molar-refractivity contribution >= 4 is 21.9 Å². The molecule has 0 amide bonds. The summed E-state index contributed by atoms with van der Waals surface area (Å²) < 4.78 is 2.98. The molecule has 2 rings (SSSR count). The van der Waals surface area contributed by atoms with Crippen molar-refractivity contribution in [3.8, 4) is 0 Å². The van der Waals surface area contributed by atoms with Gasteiger partial charge in [0, 0.05) is 0 Å². The molecule has 0 radical (unpaired) electrons. The Bertz CT molecular complexity index is 632. The van der Waals surface area contributed by atoms with Gasteiger partial charge in [0.1, 0.15) is 0 Å². The number of aryl methyl sites for hydroxylation is 1. The van der Waals surface area contributed by atoms with E-state index in [2.05, 4.69) is 21.0 Å². The first kappa shape index (κ1) is 14.8.